The van der Waals surface area contributed by atoms with Crippen LogP contribution in [0.5, 0.6) is 0 Å². The number of carboxylic acids is 2. The first-order chi connectivity index (χ1) is 31.8. The van der Waals surface area contributed by atoms with Gasteiger partial charge in [0.25, 0.3) is 0 Å². The lowest BCUT2D eigenvalue weighted by Gasteiger charge is -2.29. The van der Waals surface area contributed by atoms with Crippen molar-refractivity contribution in [2.24, 2.45) is 35.0 Å². The lowest BCUT2D eigenvalue weighted by atomic mass is 9.97. The highest BCUT2D eigenvalue weighted by Crippen LogP contribution is 2.13. The topological polar surface area (TPSA) is 443 Å². The van der Waals surface area contributed by atoms with Gasteiger partial charge in [-0.1, -0.05) is 48.0 Å². The summed E-state index contributed by atoms with van der Waals surface area (Å²) < 4.78 is 0. The molecule has 0 rings (SSSR count). The smallest absolute Gasteiger partial charge is 0.327 e. The Morgan fingerprint density at radius 1 is 0.559 bits per heavy atom. The molecule has 0 aliphatic rings. The Hall–Kier alpha value is -5.64. The van der Waals surface area contributed by atoms with Crippen molar-refractivity contribution in [1.82, 2.24) is 42.5 Å². The fourth-order valence-corrected chi connectivity index (χ4v) is 6.48. The number of aliphatic hydroxyl groups excluding tert-OH is 2. The average Bonchev–Trinajstić information content (AvgIpc) is 3.26. The summed E-state index contributed by atoms with van der Waals surface area (Å²) in [4.78, 5) is 142. The molecule has 26 nitrogen and oxygen atoms in total. The lowest BCUT2D eigenvalue weighted by Crippen LogP contribution is -2.61. The van der Waals surface area contributed by atoms with Crippen LogP contribution in [0.15, 0.2) is 0 Å². The van der Waals surface area contributed by atoms with Gasteiger partial charge >= 0.3 is 11.9 Å². The molecule has 18 N–H and O–H groups in total. The van der Waals surface area contributed by atoms with Crippen molar-refractivity contribution < 1.29 is 73.2 Å². The van der Waals surface area contributed by atoms with Gasteiger partial charge in [-0.25, -0.2) is 4.79 Å². The van der Waals surface area contributed by atoms with Crippen LogP contribution in [0.4, 0.5) is 0 Å². The molecule has 0 radical (unpaired) electrons. The fraction of sp³-hybridized carbons (Fsp3) is 0.732. The number of carboxylic acid groups (broad SMARTS) is 2. The average molecular weight is 992 g/mol. The molecular formula is C41H73N11O15S. The van der Waals surface area contributed by atoms with Crippen LogP contribution in [0.3, 0.4) is 0 Å². The first-order valence-electron chi connectivity index (χ1n) is 22.2. The number of primary amides is 1. The number of nitrogens with two attached hydrogens (primary N) is 3. The predicted molar refractivity (Wildman–Crippen MR) is 246 cm³/mol. The second kappa shape index (κ2) is 32.2. The van der Waals surface area contributed by atoms with E-state index in [1.54, 1.807) is 41.5 Å². The zero-order valence-electron chi connectivity index (χ0n) is 39.4. The summed E-state index contributed by atoms with van der Waals surface area (Å²) in [6.45, 7) is 8.40. The number of carbonyl (C=O) groups excluding carboxylic acids is 9. The van der Waals surface area contributed by atoms with Gasteiger partial charge in [-0.15, -0.1) is 0 Å². The molecule has 0 aromatic carbocycles. The maximum absolute atomic E-state index is 13.7. The number of nitrogens with one attached hydrogen (secondary N) is 8. The van der Waals surface area contributed by atoms with E-state index in [0.29, 0.717) is 12.8 Å². The summed E-state index contributed by atoms with van der Waals surface area (Å²) in [6, 6.07) is -13.5. The van der Waals surface area contributed by atoms with E-state index >= 15 is 0 Å². The van der Waals surface area contributed by atoms with Crippen molar-refractivity contribution >= 4 is 77.7 Å². The number of unbranched alkanes of at least 4 members (excludes halogenated alkanes) is 1. The van der Waals surface area contributed by atoms with E-state index < -0.39 is 164 Å². The molecule has 0 heterocycles. The summed E-state index contributed by atoms with van der Waals surface area (Å²) in [6.07, 6.45) is -1.07. The third-order valence-corrected chi connectivity index (χ3v) is 10.8. The zero-order valence-corrected chi connectivity index (χ0v) is 40.3. The number of hydrogen-bond acceptors (Lipinski definition) is 16. The normalized spacial score (nSPS) is 15.6. The van der Waals surface area contributed by atoms with E-state index in [2.05, 4.69) is 55.2 Å². The van der Waals surface area contributed by atoms with Crippen molar-refractivity contribution in [3.05, 3.63) is 0 Å². The van der Waals surface area contributed by atoms with Crippen LogP contribution in [0.2, 0.25) is 0 Å². The third kappa shape index (κ3) is 22.9. The van der Waals surface area contributed by atoms with E-state index in [1.165, 1.54) is 0 Å². The number of rotatable bonds is 34. The highest BCUT2D eigenvalue weighted by atomic mass is 32.1. The van der Waals surface area contributed by atoms with Crippen molar-refractivity contribution in [2.45, 2.75) is 147 Å². The molecule has 0 aromatic heterocycles. The Morgan fingerprint density at radius 3 is 1.50 bits per heavy atom. The Labute approximate surface area is 400 Å². The number of carbonyl (C=O) groups is 11. The van der Waals surface area contributed by atoms with E-state index in [4.69, 9.17) is 17.2 Å². The van der Waals surface area contributed by atoms with Crippen LogP contribution in [0.1, 0.15) is 92.9 Å². The Morgan fingerprint density at radius 2 is 1.01 bits per heavy atom. The van der Waals surface area contributed by atoms with E-state index in [0.717, 1.165) is 0 Å². The molecule has 0 saturated heterocycles. The zero-order chi connectivity index (χ0) is 52.4. The lowest BCUT2D eigenvalue weighted by molar-refractivity contribution is -0.142. The molecular weight excluding hydrogens is 919 g/mol. The SMILES string of the molecule is CC[C@H](C)[C@H](NC(=O)[C@H](CCC(N)=O)NC(=O)[C@H](CC(=O)O)NC(=O)[C@H](CO)NC(=O)[C@H](CCCCN)NC(=O)[C@@H](NC(=O)[C@H](CC(C)C)NC(=O)[C@@H](N)CO)C(C)C)C(=O)N[C@@H](CS)C(=O)O. The maximum Gasteiger partial charge on any atom is 0.327 e. The largest absolute Gasteiger partial charge is 0.481 e. The molecule has 0 aliphatic heterocycles. The molecule has 0 saturated carbocycles. The summed E-state index contributed by atoms with van der Waals surface area (Å²) in [5.74, 6) is -13.5. The number of amides is 9. The van der Waals surface area contributed by atoms with Gasteiger partial charge in [-0.2, -0.15) is 12.6 Å². The molecule has 0 bridgehead atoms. The third-order valence-electron chi connectivity index (χ3n) is 10.4. The minimum atomic E-state index is -1.99. The van der Waals surface area contributed by atoms with Crippen LogP contribution in [-0.4, -0.2) is 165 Å². The van der Waals surface area contributed by atoms with Crippen LogP contribution in [0, 0.1) is 17.8 Å². The Kier molecular flexibility index (Phi) is 29.5. The van der Waals surface area contributed by atoms with E-state index in [-0.39, 0.29) is 37.5 Å². The standard InChI is InChI=1S/C41H73N11O15S/c1-7-21(6)32(40(65)50-28(18-68)41(66)67)52-35(60)24(11-12-29(44)55)45-36(61)26(15-30(56)57)48-38(63)27(17-54)49-34(59)23(10-8-9-13-42)46-39(64)31(20(4)5)51-37(62)25(14-19(2)3)47-33(58)22(43)16-53/h19-28,31-32,53-54,68H,7-18,42-43H2,1-6H3,(H2,44,55)(H,45,61)(H,46,64)(H,47,58)(H,48,63)(H,49,59)(H,50,65)(H,51,62)(H,52,60)(H,56,57)(H,66,67)/t21-,22-,23-,24-,25-,26-,27-,28-,31-,32-/m0/s1. The molecule has 0 aliphatic carbocycles. The van der Waals surface area contributed by atoms with Crippen LogP contribution in [-0.2, 0) is 52.7 Å². The summed E-state index contributed by atoms with van der Waals surface area (Å²) in [7, 11) is 0. The number of aliphatic hydroxyl groups is 2. The van der Waals surface area contributed by atoms with Gasteiger partial charge in [0.05, 0.1) is 19.6 Å². The summed E-state index contributed by atoms with van der Waals surface area (Å²) >= 11 is 3.92. The Balaban J connectivity index is 6.50. The van der Waals surface area contributed by atoms with Crippen molar-refractivity contribution in [3.63, 3.8) is 0 Å². The first kappa shape index (κ1) is 62.4. The second-order valence-corrected chi connectivity index (χ2v) is 17.3. The molecule has 9 amide bonds. The van der Waals surface area contributed by atoms with E-state index in [1.807, 2.05) is 0 Å². The minimum Gasteiger partial charge on any atom is -0.481 e. The Bertz CT molecular complexity index is 1740. The highest BCUT2D eigenvalue weighted by Gasteiger charge is 2.37. The fourth-order valence-electron chi connectivity index (χ4n) is 6.23. The van der Waals surface area contributed by atoms with Gasteiger partial charge in [0, 0.05) is 12.2 Å². The van der Waals surface area contributed by atoms with Gasteiger partial charge in [0.15, 0.2) is 0 Å². The van der Waals surface area contributed by atoms with Gasteiger partial charge in [0.1, 0.15) is 54.4 Å². The number of aliphatic carboxylic acids is 2. The van der Waals surface area contributed by atoms with Crippen LogP contribution < -0.4 is 59.7 Å². The highest BCUT2D eigenvalue weighted by molar-refractivity contribution is 7.80. The van der Waals surface area contributed by atoms with Gasteiger partial charge in [0.2, 0.25) is 53.2 Å². The van der Waals surface area contributed by atoms with Gasteiger partial charge < -0.3 is 80.2 Å². The number of hydrogen-bond donors (Lipinski definition) is 16. The van der Waals surface area contributed by atoms with Crippen molar-refractivity contribution in [2.75, 3.05) is 25.5 Å². The van der Waals surface area contributed by atoms with Crippen molar-refractivity contribution in [1.29, 1.82) is 0 Å². The summed E-state index contributed by atoms with van der Waals surface area (Å²) in [5, 5.41) is 57.4. The molecule has 0 unspecified atom stereocenters. The molecule has 68 heavy (non-hydrogen) atoms. The maximum atomic E-state index is 13.7. The molecule has 388 valence electrons. The number of thiol groups is 1. The monoisotopic (exact) mass is 992 g/mol. The molecule has 0 fully saturated rings. The van der Waals surface area contributed by atoms with Crippen LogP contribution in [0.25, 0.3) is 0 Å². The summed E-state index contributed by atoms with van der Waals surface area (Å²) in [5.41, 5.74) is 16.5. The molecule has 0 aromatic rings. The quantitative estimate of drug-likeness (QED) is 0.0212. The van der Waals surface area contributed by atoms with Gasteiger partial charge in [-0.05, 0) is 56.4 Å². The minimum absolute atomic E-state index is 0.0634. The molecule has 27 heteroatoms. The van der Waals surface area contributed by atoms with E-state index in [9.17, 15) is 73.2 Å². The van der Waals surface area contributed by atoms with Crippen LogP contribution >= 0.6 is 12.6 Å². The second-order valence-electron chi connectivity index (χ2n) is 17.0. The molecule has 10 atom stereocenters. The molecule has 0 spiro atoms. The van der Waals surface area contributed by atoms with Crippen molar-refractivity contribution in [3.8, 4) is 0 Å². The van der Waals surface area contributed by atoms with Gasteiger partial charge in [-0.3, -0.25) is 47.9 Å². The first-order valence-corrected chi connectivity index (χ1v) is 22.9. The predicted octanol–water partition coefficient (Wildman–Crippen LogP) is -5.19.